The molecule has 0 unspecified atom stereocenters. The van der Waals surface area contributed by atoms with Crippen LogP contribution in [0.25, 0.3) is 0 Å². The van der Waals surface area contributed by atoms with Crippen LogP contribution in [0.2, 0.25) is 0 Å². The quantitative estimate of drug-likeness (QED) is 0.812. The first-order valence-corrected chi connectivity index (χ1v) is 5.03. The van der Waals surface area contributed by atoms with Crippen LogP contribution in [-0.2, 0) is 0 Å². The third-order valence-corrected chi connectivity index (χ3v) is 2.28. The molecule has 1 rings (SSSR count). The van der Waals surface area contributed by atoms with Crippen LogP contribution >= 0.6 is 0 Å². The third-order valence-electron chi connectivity index (χ3n) is 2.28. The van der Waals surface area contributed by atoms with Gasteiger partial charge in [-0.05, 0) is 27.0 Å². The highest BCUT2D eigenvalue weighted by Gasteiger charge is 2.17. The zero-order valence-corrected chi connectivity index (χ0v) is 9.76. The lowest BCUT2D eigenvalue weighted by Crippen LogP contribution is -2.32. The molecule has 4 heteroatoms. The lowest BCUT2D eigenvalue weighted by molar-refractivity contribution is 0.0763. The zero-order valence-electron chi connectivity index (χ0n) is 9.76. The molecule has 0 aliphatic rings. The Morgan fingerprint density at radius 2 is 2.20 bits per heavy atom. The second-order valence-electron chi connectivity index (χ2n) is 3.70. The summed E-state index contributed by atoms with van der Waals surface area (Å²) >= 11 is 0. The fourth-order valence-electron chi connectivity index (χ4n) is 1.41. The molecule has 1 heterocycles. The van der Waals surface area contributed by atoms with E-state index in [9.17, 15) is 4.79 Å². The SMILES string of the molecule is CNCCN(C)C(=O)c1oc(C)cc1C. The first kappa shape index (κ1) is 11.8. The molecule has 0 saturated heterocycles. The Bertz CT molecular complexity index is 344. The number of amides is 1. The van der Waals surface area contributed by atoms with Crippen LogP contribution in [-0.4, -0.2) is 38.0 Å². The highest BCUT2D eigenvalue weighted by molar-refractivity contribution is 5.92. The lowest BCUT2D eigenvalue weighted by atomic mass is 10.2. The van der Waals surface area contributed by atoms with Crippen LogP contribution < -0.4 is 5.32 Å². The molecular weight excluding hydrogens is 192 g/mol. The van der Waals surface area contributed by atoms with Crippen molar-refractivity contribution < 1.29 is 9.21 Å². The second-order valence-corrected chi connectivity index (χ2v) is 3.70. The van der Waals surface area contributed by atoms with E-state index in [-0.39, 0.29) is 5.91 Å². The largest absolute Gasteiger partial charge is 0.456 e. The Balaban J connectivity index is 2.71. The summed E-state index contributed by atoms with van der Waals surface area (Å²) in [6, 6.07) is 1.87. The van der Waals surface area contributed by atoms with E-state index in [4.69, 9.17) is 4.42 Å². The summed E-state index contributed by atoms with van der Waals surface area (Å²) in [5.74, 6) is 1.17. The predicted molar refractivity (Wildman–Crippen MR) is 59.1 cm³/mol. The van der Waals surface area contributed by atoms with Crippen LogP contribution in [0.1, 0.15) is 21.9 Å². The summed E-state index contributed by atoms with van der Waals surface area (Å²) < 4.78 is 5.37. The molecule has 0 aromatic carbocycles. The highest BCUT2D eigenvalue weighted by Crippen LogP contribution is 2.15. The first-order chi connectivity index (χ1) is 7.06. The van der Waals surface area contributed by atoms with Crippen molar-refractivity contribution in [2.45, 2.75) is 13.8 Å². The van der Waals surface area contributed by atoms with E-state index >= 15 is 0 Å². The zero-order chi connectivity index (χ0) is 11.4. The first-order valence-electron chi connectivity index (χ1n) is 5.03. The van der Waals surface area contributed by atoms with E-state index < -0.39 is 0 Å². The Kier molecular flexibility index (Phi) is 3.91. The minimum absolute atomic E-state index is 0.0594. The maximum Gasteiger partial charge on any atom is 0.289 e. The normalized spacial score (nSPS) is 10.4. The number of aryl methyl sites for hydroxylation is 2. The average Bonchev–Trinajstić information content (AvgIpc) is 2.53. The van der Waals surface area contributed by atoms with Gasteiger partial charge in [-0.25, -0.2) is 0 Å². The topological polar surface area (TPSA) is 45.5 Å². The number of rotatable bonds is 4. The highest BCUT2D eigenvalue weighted by atomic mass is 16.4. The fraction of sp³-hybridized carbons (Fsp3) is 0.545. The van der Waals surface area contributed by atoms with E-state index in [0.717, 1.165) is 17.9 Å². The van der Waals surface area contributed by atoms with Crippen molar-refractivity contribution >= 4 is 5.91 Å². The average molecular weight is 210 g/mol. The van der Waals surface area contributed by atoms with E-state index in [1.54, 1.807) is 11.9 Å². The molecule has 0 atom stereocenters. The minimum atomic E-state index is -0.0594. The maximum atomic E-state index is 11.9. The molecule has 0 bridgehead atoms. The van der Waals surface area contributed by atoms with Crippen molar-refractivity contribution in [3.63, 3.8) is 0 Å². The van der Waals surface area contributed by atoms with Crippen molar-refractivity contribution in [2.24, 2.45) is 0 Å². The smallest absolute Gasteiger partial charge is 0.289 e. The molecule has 0 fully saturated rings. The van der Waals surface area contributed by atoms with Crippen molar-refractivity contribution in [1.29, 1.82) is 0 Å². The second kappa shape index (κ2) is 4.98. The summed E-state index contributed by atoms with van der Waals surface area (Å²) in [7, 11) is 3.64. The molecule has 15 heavy (non-hydrogen) atoms. The predicted octanol–water partition coefficient (Wildman–Crippen LogP) is 1.19. The van der Waals surface area contributed by atoms with Crippen LogP contribution in [0.4, 0.5) is 0 Å². The number of hydrogen-bond acceptors (Lipinski definition) is 3. The van der Waals surface area contributed by atoms with Crippen LogP contribution in [0.3, 0.4) is 0 Å². The van der Waals surface area contributed by atoms with E-state index in [1.807, 2.05) is 27.0 Å². The van der Waals surface area contributed by atoms with E-state index in [0.29, 0.717) is 12.3 Å². The summed E-state index contributed by atoms with van der Waals surface area (Å²) in [5.41, 5.74) is 0.897. The van der Waals surface area contributed by atoms with Gasteiger partial charge in [0.25, 0.3) is 5.91 Å². The Hall–Kier alpha value is -1.29. The summed E-state index contributed by atoms with van der Waals surface area (Å²) in [5, 5.41) is 3.00. The molecule has 1 aromatic rings. The van der Waals surface area contributed by atoms with Gasteiger partial charge in [0.15, 0.2) is 5.76 Å². The number of carbonyl (C=O) groups is 1. The molecule has 0 spiro atoms. The Labute approximate surface area is 90.3 Å². The van der Waals surface area contributed by atoms with E-state index in [2.05, 4.69) is 5.32 Å². The van der Waals surface area contributed by atoms with Crippen LogP contribution in [0.15, 0.2) is 10.5 Å². The van der Waals surface area contributed by atoms with E-state index in [1.165, 1.54) is 0 Å². The van der Waals surface area contributed by atoms with Gasteiger partial charge in [-0.15, -0.1) is 0 Å². The molecule has 1 aromatic heterocycles. The standard InChI is InChI=1S/C11H18N2O2/c1-8-7-9(2)15-10(8)11(14)13(4)6-5-12-3/h7,12H,5-6H2,1-4H3. The minimum Gasteiger partial charge on any atom is -0.456 e. The van der Waals surface area contributed by atoms with Crippen LogP contribution in [0, 0.1) is 13.8 Å². The molecule has 0 aliphatic carbocycles. The maximum absolute atomic E-state index is 11.9. The fourth-order valence-corrected chi connectivity index (χ4v) is 1.41. The molecule has 1 amide bonds. The summed E-state index contributed by atoms with van der Waals surface area (Å²) in [6.45, 7) is 5.18. The number of nitrogens with zero attached hydrogens (tertiary/aromatic N) is 1. The van der Waals surface area contributed by atoms with Crippen molar-refractivity contribution in [1.82, 2.24) is 10.2 Å². The Morgan fingerprint density at radius 1 is 1.53 bits per heavy atom. The van der Waals surface area contributed by atoms with Gasteiger partial charge in [0.05, 0.1) is 0 Å². The molecule has 0 radical (unpaired) electrons. The molecule has 4 nitrogen and oxygen atoms in total. The van der Waals surface area contributed by atoms with Gasteiger partial charge in [-0.3, -0.25) is 4.79 Å². The van der Waals surface area contributed by atoms with Crippen molar-refractivity contribution in [3.8, 4) is 0 Å². The van der Waals surface area contributed by atoms with Gasteiger partial charge in [0.1, 0.15) is 5.76 Å². The lowest BCUT2D eigenvalue weighted by Gasteiger charge is -2.15. The van der Waals surface area contributed by atoms with Gasteiger partial charge >= 0.3 is 0 Å². The summed E-state index contributed by atoms with van der Waals surface area (Å²) in [4.78, 5) is 13.5. The van der Waals surface area contributed by atoms with Crippen molar-refractivity contribution in [2.75, 3.05) is 27.2 Å². The summed E-state index contributed by atoms with van der Waals surface area (Å²) in [6.07, 6.45) is 0. The molecule has 84 valence electrons. The van der Waals surface area contributed by atoms with Gasteiger partial charge in [0, 0.05) is 25.7 Å². The number of likely N-dealkylation sites (N-methyl/N-ethyl adjacent to an activating group) is 2. The molecular formula is C11H18N2O2. The number of carbonyl (C=O) groups excluding carboxylic acids is 1. The van der Waals surface area contributed by atoms with Crippen LogP contribution in [0.5, 0.6) is 0 Å². The number of furan rings is 1. The molecule has 0 aliphatic heterocycles. The van der Waals surface area contributed by atoms with Crippen molar-refractivity contribution in [3.05, 3.63) is 23.2 Å². The van der Waals surface area contributed by atoms with Gasteiger partial charge < -0.3 is 14.6 Å². The van der Waals surface area contributed by atoms with Gasteiger partial charge in [-0.1, -0.05) is 0 Å². The molecule has 1 N–H and O–H groups in total. The van der Waals surface area contributed by atoms with Gasteiger partial charge in [0.2, 0.25) is 0 Å². The monoisotopic (exact) mass is 210 g/mol. The third kappa shape index (κ3) is 2.83. The van der Waals surface area contributed by atoms with Gasteiger partial charge in [-0.2, -0.15) is 0 Å². The molecule has 0 saturated carbocycles. The number of hydrogen-bond donors (Lipinski definition) is 1. The number of nitrogens with one attached hydrogen (secondary N) is 1. The Morgan fingerprint density at radius 3 is 2.67 bits per heavy atom.